The van der Waals surface area contributed by atoms with Gasteiger partial charge in [-0.25, -0.2) is 0 Å². The maximum atomic E-state index is 12.7. The molecule has 4 nitrogen and oxygen atoms in total. The van der Waals surface area contributed by atoms with Gasteiger partial charge in [-0.15, -0.1) is 0 Å². The minimum absolute atomic E-state index is 0.0799. The number of nitrogens with one attached hydrogen (secondary N) is 1. The summed E-state index contributed by atoms with van der Waals surface area (Å²) in [5.41, 5.74) is 4.24. The van der Waals surface area contributed by atoms with Gasteiger partial charge >= 0.3 is 0 Å². The Hall–Kier alpha value is -2.80. The molecule has 1 aliphatic heterocycles. The number of carbonyl (C=O) groups is 1. The molecule has 1 saturated carbocycles. The van der Waals surface area contributed by atoms with Gasteiger partial charge in [0.25, 0.3) is 0 Å². The van der Waals surface area contributed by atoms with Crippen LogP contribution in [0.3, 0.4) is 0 Å². The second-order valence-corrected chi connectivity index (χ2v) is 8.50. The first-order valence-electron chi connectivity index (χ1n) is 10.8. The molecule has 150 valence electrons. The van der Waals surface area contributed by atoms with Crippen molar-refractivity contribution in [1.82, 2.24) is 5.32 Å². The zero-order chi connectivity index (χ0) is 20.1. The molecule has 1 amide bonds. The van der Waals surface area contributed by atoms with Crippen LogP contribution in [0.25, 0.3) is 0 Å². The predicted molar refractivity (Wildman–Crippen MR) is 115 cm³/mol. The third-order valence-electron chi connectivity index (χ3n) is 6.24. The van der Waals surface area contributed by atoms with Crippen molar-refractivity contribution >= 4 is 11.6 Å². The van der Waals surface area contributed by atoms with Gasteiger partial charge in [0.05, 0.1) is 17.7 Å². The van der Waals surface area contributed by atoms with Crippen LogP contribution in [0.5, 0.6) is 0 Å². The van der Waals surface area contributed by atoms with Crippen LogP contribution in [0.2, 0.25) is 0 Å². The lowest BCUT2D eigenvalue weighted by molar-refractivity contribution is -0.122. The molecule has 29 heavy (non-hydrogen) atoms. The number of carbonyl (C=O) groups excluding carboxylic acids is 1. The van der Waals surface area contributed by atoms with Gasteiger partial charge in [0.2, 0.25) is 5.91 Å². The van der Waals surface area contributed by atoms with Crippen molar-refractivity contribution in [2.24, 2.45) is 5.92 Å². The fourth-order valence-corrected chi connectivity index (χ4v) is 4.81. The maximum absolute atomic E-state index is 12.7. The van der Waals surface area contributed by atoms with E-state index in [9.17, 15) is 10.1 Å². The van der Waals surface area contributed by atoms with E-state index in [0.29, 0.717) is 17.9 Å². The Labute approximate surface area is 173 Å². The lowest BCUT2D eigenvalue weighted by atomic mass is 9.86. The summed E-state index contributed by atoms with van der Waals surface area (Å²) in [5, 5.41) is 12.6. The highest BCUT2D eigenvalue weighted by molar-refractivity contribution is 5.77. The Morgan fingerprint density at radius 3 is 2.66 bits per heavy atom. The topological polar surface area (TPSA) is 56.1 Å². The van der Waals surface area contributed by atoms with E-state index < -0.39 is 0 Å². The van der Waals surface area contributed by atoms with E-state index in [1.165, 1.54) is 43.4 Å². The van der Waals surface area contributed by atoms with Crippen LogP contribution in [0.15, 0.2) is 48.5 Å². The number of anilines is 1. The quantitative estimate of drug-likeness (QED) is 0.817. The number of nitriles is 1. The highest BCUT2D eigenvalue weighted by Crippen LogP contribution is 2.30. The van der Waals surface area contributed by atoms with Crippen LogP contribution in [0.1, 0.15) is 55.2 Å². The van der Waals surface area contributed by atoms with Crippen molar-refractivity contribution in [1.29, 1.82) is 5.26 Å². The molecule has 0 unspecified atom stereocenters. The Morgan fingerprint density at radius 2 is 1.90 bits per heavy atom. The fourth-order valence-electron chi connectivity index (χ4n) is 4.81. The standard InChI is InChI=1S/C25H29N3O/c26-16-21-11-12-24-22(13-21)15-23(18-28(24)17-20-9-5-2-6-10-20)27-25(29)14-19-7-3-1-4-8-19/h2,5-6,9-13,19,23H,1,3-4,7-8,14-15,17-18H2,(H,27,29)/t23-/m0/s1. The van der Waals surface area contributed by atoms with Crippen LogP contribution < -0.4 is 10.2 Å². The number of fused-ring (bicyclic) bond motifs is 1. The van der Waals surface area contributed by atoms with Gasteiger partial charge in [0.15, 0.2) is 0 Å². The highest BCUT2D eigenvalue weighted by atomic mass is 16.1. The summed E-state index contributed by atoms with van der Waals surface area (Å²) in [6.07, 6.45) is 7.65. The van der Waals surface area contributed by atoms with E-state index in [1.807, 2.05) is 18.2 Å². The number of rotatable bonds is 5. The Morgan fingerprint density at radius 1 is 1.10 bits per heavy atom. The summed E-state index contributed by atoms with van der Waals surface area (Å²) in [6.45, 7) is 1.60. The Kier molecular flexibility index (Phi) is 6.14. The second-order valence-electron chi connectivity index (χ2n) is 8.50. The first-order valence-corrected chi connectivity index (χ1v) is 10.8. The SMILES string of the molecule is N#Cc1ccc2c(c1)C[C@H](NC(=O)CC1CCCCC1)CN2Cc1ccccc1. The summed E-state index contributed by atoms with van der Waals surface area (Å²) in [4.78, 5) is 15.0. The van der Waals surface area contributed by atoms with E-state index in [4.69, 9.17) is 0 Å². The Bertz CT molecular complexity index is 881. The largest absolute Gasteiger partial charge is 0.365 e. The zero-order valence-electron chi connectivity index (χ0n) is 16.9. The van der Waals surface area contributed by atoms with Gasteiger partial charge in [-0.2, -0.15) is 5.26 Å². The number of hydrogen-bond acceptors (Lipinski definition) is 3. The summed E-state index contributed by atoms with van der Waals surface area (Å²) >= 11 is 0. The molecule has 1 heterocycles. The van der Waals surface area contributed by atoms with E-state index in [-0.39, 0.29) is 11.9 Å². The molecular formula is C25H29N3O. The molecule has 0 radical (unpaired) electrons. The fraction of sp³-hybridized carbons (Fsp3) is 0.440. The molecule has 0 bridgehead atoms. The van der Waals surface area contributed by atoms with Crippen molar-refractivity contribution < 1.29 is 4.79 Å². The minimum Gasteiger partial charge on any atom is -0.365 e. The van der Waals surface area contributed by atoms with Gasteiger partial charge in [-0.05, 0) is 54.5 Å². The average molecular weight is 388 g/mol. The number of benzene rings is 2. The third-order valence-corrected chi connectivity index (χ3v) is 6.24. The number of amides is 1. The van der Waals surface area contributed by atoms with E-state index in [1.54, 1.807) is 0 Å². The molecule has 1 aliphatic carbocycles. The number of nitrogens with zero attached hydrogens (tertiary/aromatic N) is 2. The molecule has 2 aliphatic rings. The molecule has 4 rings (SSSR count). The lowest BCUT2D eigenvalue weighted by Crippen LogP contribution is -2.48. The van der Waals surface area contributed by atoms with Crippen LogP contribution in [-0.4, -0.2) is 18.5 Å². The molecule has 0 saturated heterocycles. The maximum Gasteiger partial charge on any atom is 0.220 e. The van der Waals surface area contributed by atoms with E-state index in [0.717, 1.165) is 25.1 Å². The summed E-state index contributed by atoms with van der Waals surface area (Å²) in [7, 11) is 0. The summed E-state index contributed by atoms with van der Waals surface area (Å²) in [6, 6.07) is 18.7. The summed E-state index contributed by atoms with van der Waals surface area (Å²) < 4.78 is 0. The molecule has 0 spiro atoms. The smallest absolute Gasteiger partial charge is 0.220 e. The second kappa shape index (κ2) is 9.13. The molecular weight excluding hydrogens is 358 g/mol. The third kappa shape index (κ3) is 4.98. The van der Waals surface area contributed by atoms with Crippen LogP contribution in [0, 0.1) is 17.2 Å². The van der Waals surface area contributed by atoms with Gasteiger partial charge in [-0.1, -0.05) is 49.6 Å². The van der Waals surface area contributed by atoms with Gasteiger partial charge < -0.3 is 10.2 Å². The Balaban J connectivity index is 1.48. The van der Waals surface area contributed by atoms with E-state index >= 15 is 0 Å². The molecule has 1 fully saturated rings. The van der Waals surface area contributed by atoms with Crippen LogP contribution in [0.4, 0.5) is 5.69 Å². The van der Waals surface area contributed by atoms with Crippen molar-refractivity contribution in [3.05, 3.63) is 65.2 Å². The normalized spacial score (nSPS) is 19.3. The lowest BCUT2D eigenvalue weighted by Gasteiger charge is -2.37. The predicted octanol–water partition coefficient (Wildman–Crippen LogP) is 4.58. The molecule has 4 heteroatoms. The van der Waals surface area contributed by atoms with Crippen molar-refractivity contribution in [2.75, 3.05) is 11.4 Å². The minimum atomic E-state index is 0.0799. The van der Waals surface area contributed by atoms with Crippen LogP contribution in [-0.2, 0) is 17.8 Å². The summed E-state index contributed by atoms with van der Waals surface area (Å²) in [5.74, 6) is 0.728. The molecule has 1 N–H and O–H groups in total. The van der Waals surface area contributed by atoms with Crippen molar-refractivity contribution in [3.8, 4) is 6.07 Å². The van der Waals surface area contributed by atoms with Gasteiger partial charge in [-0.3, -0.25) is 4.79 Å². The zero-order valence-corrected chi connectivity index (χ0v) is 16.9. The first kappa shape index (κ1) is 19.5. The number of hydrogen-bond donors (Lipinski definition) is 1. The highest BCUT2D eigenvalue weighted by Gasteiger charge is 2.27. The van der Waals surface area contributed by atoms with Crippen molar-refractivity contribution in [2.45, 2.75) is 57.5 Å². The molecule has 1 atom stereocenters. The monoisotopic (exact) mass is 387 g/mol. The molecule has 2 aromatic carbocycles. The average Bonchev–Trinajstić information content (AvgIpc) is 2.74. The van der Waals surface area contributed by atoms with Gasteiger partial charge in [0.1, 0.15) is 0 Å². The van der Waals surface area contributed by atoms with E-state index in [2.05, 4.69) is 46.6 Å². The molecule has 0 aromatic heterocycles. The van der Waals surface area contributed by atoms with Crippen LogP contribution >= 0.6 is 0 Å². The molecule has 2 aromatic rings. The van der Waals surface area contributed by atoms with Crippen molar-refractivity contribution in [3.63, 3.8) is 0 Å². The van der Waals surface area contributed by atoms with Gasteiger partial charge in [0, 0.05) is 25.2 Å². The first-order chi connectivity index (χ1) is 14.2.